The molecule has 6 heteroatoms. The fourth-order valence-electron chi connectivity index (χ4n) is 1.06. The number of nitro groups is 1. The molecule has 0 bridgehead atoms. The summed E-state index contributed by atoms with van der Waals surface area (Å²) in [4.78, 5) is 9.54. The summed E-state index contributed by atoms with van der Waals surface area (Å²) in [7, 11) is 0. The van der Waals surface area contributed by atoms with Crippen molar-refractivity contribution < 1.29 is 10.0 Å². The van der Waals surface area contributed by atoms with Crippen molar-refractivity contribution in [1.29, 1.82) is 0 Å². The average Bonchev–Trinajstić information content (AvgIpc) is 2.01. The fourth-order valence-corrected chi connectivity index (χ4v) is 1.71. The van der Waals surface area contributed by atoms with Crippen LogP contribution in [-0.4, -0.2) is 16.6 Å². The first-order chi connectivity index (χ1) is 6.52. The minimum absolute atomic E-state index is 0.201. The zero-order chi connectivity index (χ0) is 10.7. The van der Waals surface area contributed by atoms with E-state index in [1.807, 2.05) is 0 Å². The first-order valence-electron chi connectivity index (χ1n) is 3.76. The Labute approximate surface area is 90.2 Å². The normalized spacial score (nSPS) is 12.5. The van der Waals surface area contributed by atoms with E-state index in [1.54, 1.807) is 6.07 Å². The van der Waals surface area contributed by atoms with Crippen molar-refractivity contribution in [3.05, 3.63) is 43.9 Å². The van der Waals surface area contributed by atoms with Gasteiger partial charge in [0, 0.05) is 20.5 Å². The lowest BCUT2D eigenvalue weighted by atomic mass is 10.1. The Bertz CT molecular complexity index is 336. The van der Waals surface area contributed by atoms with Gasteiger partial charge in [-0.05, 0) is 12.1 Å². The number of halogens is 2. The summed E-state index contributed by atoms with van der Waals surface area (Å²) in [6, 6.07) is 4.64. The van der Waals surface area contributed by atoms with Gasteiger partial charge in [0.25, 0.3) is 0 Å². The monoisotopic (exact) mass is 235 g/mol. The molecule has 76 valence electrons. The van der Waals surface area contributed by atoms with Gasteiger partial charge in [-0.25, -0.2) is 0 Å². The molecular weight excluding hydrogens is 229 g/mol. The lowest BCUT2D eigenvalue weighted by Gasteiger charge is -2.09. The highest BCUT2D eigenvalue weighted by Crippen LogP contribution is 2.30. The SMILES string of the molecule is O=[N+]([O-])C[C@H](O)c1c(Cl)cccc1Cl. The summed E-state index contributed by atoms with van der Waals surface area (Å²) in [5, 5.41) is 20.1. The molecule has 0 saturated carbocycles. The van der Waals surface area contributed by atoms with Crippen LogP contribution in [0.2, 0.25) is 10.0 Å². The molecule has 0 heterocycles. The molecule has 0 amide bonds. The summed E-state index contributed by atoms with van der Waals surface area (Å²) in [5.41, 5.74) is 0.201. The third-order valence-corrected chi connectivity index (χ3v) is 2.31. The van der Waals surface area contributed by atoms with Crippen molar-refractivity contribution in [2.45, 2.75) is 6.10 Å². The van der Waals surface area contributed by atoms with E-state index in [0.717, 1.165) is 0 Å². The zero-order valence-electron chi connectivity index (χ0n) is 6.98. The third kappa shape index (κ3) is 2.57. The van der Waals surface area contributed by atoms with E-state index in [2.05, 4.69) is 0 Å². The summed E-state index contributed by atoms with van der Waals surface area (Å²) in [6.45, 7) is -0.608. The standard InChI is InChI=1S/C8H7Cl2NO3/c9-5-2-1-3-6(10)8(5)7(12)4-11(13)14/h1-3,7,12H,4H2/t7-/m0/s1. The first-order valence-corrected chi connectivity index (χ1v) is 4.51. The van der Waals surface area contributed by atoms with Gasteiger partial charge in [0.05, 0.1) is 0 Å². The molecule has 0 aliphatic heterocycles. The minimum Gasteiger partial charge on any atom is -0.381 e. The predicted octanol–water partition coefficient (Wildman–Crippen LogP) is 2.30. The van der Waals surface area contributed by atoms with Crippen LogP contribution in [0.5, 0.6) is 0 Å². The van der Waals surface area contributed by atoms with Gasteiger partial charge in [-0.15, -0.1) is 0 Å². The molecule has 0 radical (unpaired) electrons. The second-order valence-corrected chi connectivity index (χ2v) is 3.48. The van der Waals surface area contributed by atoms with Crippen LogP contribution in [-0.2, 0) is 0 Å². The van der Waals surface area contributed by atoms with Gasteiger partial charge in [-0.1, -0.05) is 29.3 Å². The second-order valence-electron chi connectivity index (χ2n) is 2.67. The number of aliphatic hydroxyl groups excluding tert-OH is 1. The molecule has 0 saturated heterocycles. The van der Waals surface area contributed by atoms with Gasteiger partial charge in [0.1, 0.15) is 6.10 Å². The van der Waals surface area contributed by atoms with Crippen LogP contribution in [0.15, 0.2) is 18.2 Å². The Morgan fingerprint density at radius 2 is 1.93 bits per heavy atom. The molecular formula is C8H7Cl2NO3. The number of hydrogen-bond acceptors (Lipinski definition) is 3. The van der Waals surface area contributed by atoms with E-state index in [-0.39, 0.29) is 15.6 Å². The van der Waals surface area contributed by atoms with Crippen LogP contribution in [0.3, 0.4) is 0 Å². The summed E-state index contributed by atoms with van der Waals surface area (Å²) in [5.74, 6) is 0. The quantitative estimate of drug-likeness (QED) is 0.646. The highest BCUT2D eigenvalue weighted by atomic mass is 35.5. The molecule has 4 nitrogen and oxygen atoms in total. The van der Waals surface area contributed by atoms with Crippen molar-refractivity contribution in [2.75, 3.05) is 6.54 Å². The molecule has 1 N–H and O–H groups in total. The number of nitrogens with zero attached hydrogens (tertiary/aromatic N) is 1. The van der Waals surface area contributed by atoms with Crippen LogP contribution >= 0.6 is 23.2 Å². The van der Waals surface area contributed by atoms with Crippen molar-refractivity contribution in [3.8, 4) is 0 Å². The topological polar surface area (TPSA) is 63.4 Å². The molecule has 1 aromatic carbocycles. The summed E-state index contributed by atoms with van der Waals surface area (Å²) < 4.78 is 0. The van der Waals surface area contributed by atoms with E-state index in [9.17, 15) is 15.2 Å². The van der Waals surface area contributed by atoms with Crippen molar-refractivity contribution in [1.82, 2.24) is 0 Å². The molecule has 0 aliphatic carbocycles. The van der Waals surface area contributed by atoms with E-state index in [4.69, 9.17) is 23.2 Å². The zero-order valence-corrected chi connectivity index (χ0v) is 8.50. The van der Waals surface area contributed by atoms with E-state index < -0.39 is 17.6 Å². The average molecular weight is 236 g/mol. The Balaban J connectivity index is 2.99. The van der Waals surface area contributed by atoms with Crippen molar-refractivity contribution >= 4 is 23.2 Å². The molecule has 1 rings (SSSR count). The lowest BCUT2D eigenvalue weighted by molar-refractivity contribution is -0.491. The van der Waals surface area contributed by atoms with Crippen LogP contribution in [0, 0.1) is 10.1 Å². The number of hydrogen-bond donors (Lipinski definition) is 1. The summed E-state index contributed by atoms with van der Waals surface area (Å²) in [6.07, 6.45) is -1.27. The third-order valence-electron chi connectivity index (χ3n) is 1.65. The van der Waals surface area contributed by atoms with Gasteiger partial charge >= 0.3 is 0 Å². The second kappa shape index (κ2) is 4.59. The minimum atomic E-state index is -1.27. The largest absolute Gasteiger partial charge is 0.381 e. The summed E-state index contributed by atoms with van der Waals surface area (Å²) >= 11 is 11.5. The van der Waals surface area contributed by atoms with Crippen molar-refractivity contribution in [3.63, 3.8) is 0 Å². The highest BCUT2D eigenvalue weighted by Gasteiger charge is 2.19. The Morgan fingerprint density at radius 1 is 1.43 bits per heavy atom. The van der Waals surface area contributed by atoms with Crippen LogP contribution < -0.4 is 0 Å². The molecule has 0 fully saturated rings. The maximum atomic E-state index is 10.2. The van der Waals surface area contributed by atoms with Gasteiger partial charge in [0.15, 0.2) is 0 Å². The van der Waals surface area contributed by atoms with Crippen molar-refractivity contribution in [2.24, 2.45) is 0 Å². The van der Waals surface area contributed by atoms with E-state index in [1.165, 1.54) is 12.1 Å². The van der Waals surface area contributed by atoms with Gasteiger partial charge in [0.2, 0.25) is 6.54 Å². The molecule has 1 atom stereocenters. The number of rotatable bonds is 3. The highest BCUT2D eigenvalue weighted by molar-refractivity contribution is 6.36. The number of aliphatic hydroxyl groups is 1. The predicted molar refractivity (Wildman–Crippen MR) is 53.3 cm³/mol. The Morgan fingerprint density at radius 3 is 2.36 bits per heavy atom. The smallest absolute Gasteiger partial charge is 0.233 e. The van der Waals surface area contributed by atoms with E-state index in [0.29, 0.717) is 0 Å². The maximum Gasteiger partial charge on any atom is 0.233 e. The van der Waals surface area contributed by atoms with Gasteiger partial charge < -0.3 is 5.11 Å². The first kappa shape index (κ1) is 11.2. The lowest BCUT2D eigenvalue weighted by Crippen LogP contribution is -2.12. The molecule has 0 aromatic heterocycles. The van der Waals surface area contributed by atoms with Crippen LogP contribution in [0.4, 0.5) is 0 Å². The Hall–Kier alpha value is -0.840. The molecule has 1 aromatic rings. The fraction of sp³-hybridized carbons (Fsp3) is 0.250. The van der Waals surface area contributed by atoms with E-state index >= 15 is 0 Å². The van der Waals surface area contributed by atoms with Gasteiger partial charge in [-0.2, -0.15) is 0 Å². The van der Waals surface area contributed by atoms with Gasteiger partial charge in [-0.3, -0.25) is 10.1 Å². The molecule has 14 heavy (non-hydrogen) atoms. The number of benzene rings is 1. The Kier molecular flexibility index (Phi) is 3.69. The molecule has 0 spiro atoms. The molecule has 0 aliphatic rings. The van der Waals surface area contributed by atoms with Crippen LogP contribution in [0.25, 0.3) is 0 Å². The maximum absolute atomic E-state index is 10.2. The van der Waals surface area contributed by atoms with Crippen LogP contribution in [0.1, 0.15) is 11.7 Å². The molecule has 0 unspecified atom stereocenters.